The molecule has 0 saturated heterocycles. The van der Waals surface area contributed by atoms with Gasteiger partial charge in [0, 0.05) is 19.6 Å². The molecule has 1 heterocycles. The van der Waals surface area contributed by atoms with E-state index in [1.165, 1.54) is 16.7 Å². The van der Waals surface area contributed by atoms with E-state index >= 15 is 0 Å². The zero-order valence-corrected chi connectivity index (χ0v) is 12.5. The van der Waals surface area contributed by atoms with Gasteiger partial charge in [-0.3, -0.25) is 4.90 Å². The number of hydrogen-bond acceptors (Lipinski definition) is 2. The van der Waals surface area contributed by atoms with E-state index in [1.54, 1.807) is 7.11 Å². The molecule has 0 aromatic heterocycles. The predicted molar refractivity (Wildman–Crippen MR) is 84.5 cm³/mol. The molecule has 2 aromatic rings. The summed E-state index contributed by atoms with van der Waals surface area (Å²) in [6, 6.07) is 17.1. The fraction of sp³-hybridized carbons (Fsp3) is 0.294. The standard InChI is InChI=1S/C17H19NO.ClH/c1-19-17-8-6-14(7-9-17)12-18-11-10-15-4-2-3-5-16(15)13-18;/h2-9H,10-13H2,1H3;1H. The van der Waals surface area contributed by atoms with Crippen LogP contribution < -0.4 is 4.74 Å². The maximum absolute atomic E-state index is 5.19. The van der Waals surface area contributed by atoms with Crippen molar-refractivity contribution in [3.05, 3.63) is 65.2 Å². The molecule has 0 amide bonds. The SMILES string of the molecule is COc1ccc(CN2CCc3ccccc3C2)cc1.Cl. The Kier molecular flexibility index (Phi) is 5.05. The lowest BCUT2D eigenvalue weighted by molar-refractivity contribution is 0.245. The Morgan fingerprint density at radius 1 is 1.00 bits per heavy atom. The molecule has 3 heteroatoms. The first-order chi connectivity index (χ1) is 9.35. The molecule has 0 unspecified atom stereocenters. The Bertz CT molecular complexity index is 553. The van der Waals surface area contributed by atoms with Crippen LogP contribution in [-0.2, 0) is 19.5 Å². The molecule has 0 radical (unpaired) electrons. The number of methoxy groups -OCH3 is 1. The fourth-order valence-electron chi connectivity index (χ4n) is 2.68. The number of halogens is 1. The molecule has 3 rings (SSSR count). The van der Waals surface area contributed by atoms with Crippen molar-refractivity contribution in [1.82, 2.24) is 4.90 Å². The van der Waals surface area contributed by atoms with Crippen LogP contribution >= 0.6 is 12.4 Å². The highest BCUT2D eigenvalue weighted by Crippen LogP contribution is 2.21. The van der Waals surface area contributed by atoms with Gasteiger partial charge >= 0.3 is 0 Å². The molecule has 1 aliphatic rings. The molecule has 0 saturated carbocycles. The number of ether oxygens (including phenoxy) is 1. The monoisotopic (exact) mass is 289 g/mol. The average Bonchev–Trinajstić information content (AvgIpc) is 2.48. The Morgan fingerprint density at radius 2 is 1.70 bits per heavy atom. The minimum atomic E-state index is 0. The van der Waals surface area contributed by atoms with Gasteiger partial charge in [0.2, 0.25) is 0 Å². The number of fused-ring (bicyclic) bond motifs is 1. The molecular formula is C17H20ClNO. The Morgan fingerprint density at radius 3 is 2.40 bits per heavy atom. The highest BCUT2D eigenvalue weighted by Gasteiger charge is 2.15. The van der Waals surface area contributed by atoms with Gasteiger partial charge in [-0.15, -0.1) is 12.4 Å². The second-order valence-corrected chi connectivity index (χ2v) is 5.08. The predicted octanol–water partition coefficient (Wildman–Crippen LogP) is 3.68. The Labute approximate surface area is 126 Å². The molecule has 1 aliphatic heterocycles. The molecule has 2 nitrogen and oxygen atoms in total. The van der Waals surface area contributed by atoms with E-state index < -0.39 is 0 Å². The van der Waals surface area contributed by atoms with Crippen molar-refractivity contribution in [2.24, 2.45) is 0 Å². The third kappa shape index (κ3) is 3.33. The van der Waals surface area contributed by atoms with Crippen LogP contribution in [-0.4, -0.2) is 18.6 Å². The second kappa shape index (κ2) is 6.78. The minimum Gasteiger partial charge on any atom is -0.497 e. The summed E-state index contributed by atoms with van der Waals surface area (Å²) >= 11 is 0. The number of hydrogen-bond donors (Lipinski definition) is 0. The third-order valence-electron chi connectivity index (χ3n) is 3.77. The van der Waals surface area contributed by atoms with Gasteiger partial charge in [-0.1, -0.05) is 36.4 Å². The molecule has 0 aliphatic carbocycles. The first kappa shape index (κ1) is 14.9. The highest BCUT2D eigenvalue weighted by molar-refractivity contribution is 5.85. The van der Waals surface area contributed by atoms with Gasteiger partial charge in [-0.25, -0.2) is 0 Å². The van der Waals surface area contributed by atoms with E-state index in [4.69, 9.17) is 4.74 Å². The van der Waals surface area contributed by atoms with Gasteiger partial charge in [0.25, 0.3) is 0 Å². The summed E-state index contributed by atoms with van der Waals surface area (Å²) in [6.07, 6.45) is 1.16. The normalized spacial score (nSPS) is 14.2. The van der Waals surface area contributed by atoms with E-state index in [0.717, 1.165) is 31.8 Å². The number of nitrogens with zero attached hydrogens (tertiary/aromatic N) is 1. The largest absolute Gasteiger partial charge is 0.497 e. The van der Waals surface area contributed by atoms with Gasteiger partial charge in [0.05, 0.1) is 7.11 Å². The molecule has 20 heavy (non-hydrogen) atoms. The van der Waals surface area contributed by atoms with Crippen LogP contribution in [0.1, 0.15) is 16.7 Å². The highest BCUT2D eigenvalue weighted by atomic mass is 35.5. The molecule has 2 aromatic carbocycles. The lowest BCUT2D eigenvalue weighted by atomic mass is 9.99. The quantitative estimate of drug-likeness (QED) is 0.855. The summed E-state index contributed by atoms with van der Waals surface area (Å²) in [5.41, 5.74) is 4.33. The van der Waals surface area contributed by atoms with Gasteiger partial charge in [-0.2, -0.15) is 0 Å². The van der Waals surface area contributed by atoms with Gasteiger partial charge in [0.15, 0.2) is 0 Å². The summed E-state index contributed by atoms with van der Waals surface area (Å²) in [6.45, 7) is 3.21. The maximum Gasteiger partial charge on any atom is 0.118 e. The smallest absolute Gasteiger partial charge is 0.118 e. The average molecular weight is 290 g/mol. The van der Waals surface area contributed by atoms with E-state index in [2.05, 4.69) is 41.3 Å². The van der Waals surface area contributed by atoms with Crippen LogP contribution in [0.4, 0.5) is 0 Å². The van der Waals surface area contributed by atoms with Gasteiger partial charge in [-0.05, 0) is 35.2 Å². The van der Waals surface area contributed by atoms with Crippen LogP contribution in [0, 0.1) is 0 Å². The van der Waals surface area contributed by atoms with Gasteiger partial charge in [0.1, 0.15) is 5.75 Å². The molecule has 0 N–H and O–H groups in total. The zero-order valence-electron chi connectivity index (χ0n) is 11.7. The van der Waals surface area contributed by atoms with Crippen LogP contribution in [0.3, 0.4) is 0 Å². The summed E-state index contributed by atoms with van der Waals surface area (Å²) in [5, 5.41) is 0. The molecule has 0 bridgehead atoms. The van der Waals surface area contributed by atoms with Crippen molar-refractivity contribution < 1.29 is 4.74 Å². The summed E-state index contributed by atoms with van der Waals surface area (Å²) in [4.78, 5) is 2.50. The second-order valence-electron chi connectivity index (χ2n) is 5.08. The lowest BCUT2D eigenvalue weighted by Crippen LogP contribution is -2.29. The van der Waals surface area contributed by atoms with E-state index in [0.29, 0.717) is 0 Å². The minimum absolute atomic E-state index is 0. The molecule has 0 spiro atoms. The van der Waals surface area contributed by atoms with Crippen LogP contribution in [0.2, 0.25) is 0 Å². The van der Waals surface area contributed by atoms with E-state index in [9.17, 15) is 0 Å². The maximum atomic E-state index is 5.19. The van der Waals surface area contributed by atoms with Crippen molar-refractivity contribution in [2.45, 2.75) is 19.5 Å². The number of benzene rings is 2. The summed E-state index contributed by atoms with van der Waals surface area (Å²) in [7, 11) is 1.70. The molecule has 106 valence electrons. The lowest BCUT2D eigenvalue weighted by Gasteiger charge is -2.28. The Balaban J connectivity index is 0.00000147. The van der Waals surface area contributed by atoms with E-state index in [1.807, 2.05) is 12.1 Å². The van der Waals surface area contributed by atoms with Gasteiger partial charge < -0.3 is 4.74 Å². The first-order valence-electron chi connectivity index (χ1n) is 6.77. The van der Waals surface area contributed by atoms with Crippen molar-refractivity contribution in [1.29, 1.82) is 0 Å². The van der Waals surface area contributed by atoms with Crippen molar-refractivity contribution in [3.63, 3.8) is 0 Å². The zero-order chi connectivity index (χ0) is 13.1. The summed E-state index contributed by atoms with van der Waals surface area (Å²) in [5.74, 6) is 0.924. The number of rotatable bonds is 3. The van der Waals surface area contributed by atoms with Crippen molar-refractivity contribution in [2.75, 3.05) is 13.7 Å². The van der Waals surface area contributed by atoms with E-state index in [-0.39, 0.29) is 12.4 Å². The van der Waals surface area contributed by atoms with Crippen LogP contribution in [0.25, 0.3) is 0 Å². The third-order valence-corrected chi connectivity index (χ3v) is 3.77. The van der Waals surface area contributed by atoms with Crippen LogP contribution in [0.5, 0.6) is 5.75 Å². The molecule has 0 fully saturated rings. The van der Waals surface area contributed by atoms with Crippen LogP contribution in [0.15, 0.2) is 48.5 Å². The Hall–Kier alpha value is -1.51. The summed E-state index contributed by atoms with van der Waals surface area (Å²) < 4.78 is 5.19. The topological polar surface area (TPSA) is 12.5 Å². The fourth-order valence-corrected chi connectivity index (χ4v) is 2.68. The molecule has 0 atom stereocenters. The first-order valence-corrected chi connectivity index (χ1v) is 6.77. The van der Waals surface area contributed by atoms with Crippen molar-refractivity contribution >= 4 is 12.4 Å². The molecular weight excluding hydrogens is 270 g/mol. The van der Waals surface area contributed by atoms with Crippen molar-refractivity contribution in [3.8, 4) is 5.75 Å².